The summed E-state index contributed by atoms with van der Waals surface area (Å²) in [5.41, 5.74) is 0.552. The number of rotatable bonds is 10. The van der Waals surface area contributed by atoms with Gasteiger partial charge in [-0.05, 0) is 76.1 Å². The molecular formula is C23H30ClNO5. The predicted octanol–water partition coefficient (Wildman–Crippen LogP) is 4.02. The molecule has 0 heterocycles. The van der Waals surface area contributed by atoms with Gasteiger partial charge in [-0.1, -0.05) is 29.8 Å². The summed E-state index contributed by atoms with van der Waals surface area (Å²) in [6, 6.07) is 11.7. The fourth-order valence-corrected chi connectivity index (χ4v) is 3.21. The van der Waals surface area contributed by atoms with Crippen LogP contribution in [0.5, 0.6) is 11.5 Å². The van der Waals surface area contributed by atoms with Crippen LogP contribution in [0.3, 0.4) is 0 Å². The number of ether oxygens (including phenoxy) is 2. The molecule has 0 radical (unpaired) electrons. The number of aliphatic hydroxyl groups excluding tert-OH is 1. The summed E-state index contributed by atoms with van der Waals surface area (Å²) < 4.78 is 10.8. The largest absolute Gasteiger partial charge is 0.508 e. The molecule has 0 saturated carbocycles. The van der Waals surface area contributed by atoms with Crippen molar-refractivity contribution in [3.63, 3.8) is 0 Å². The average Bonchev–Trinajstić information content (AvgIpc) is 2.69. The van der Waals surface area contributed by atoms with Crippen molar-refractivity contribution in [1.82, 2.24) is 5.32 Å². The van der Waals surface area contributed by atoms with E-state index in [1.165, 1.54) is 0 Å². The second-order valence-corrected chi connectivity index (χ2v) is 8.02. The molecule has 2 atom stereocenters. The first kappa shape index (κ1) is 24.0. The third-order valence-electron chi connectivity index (χ3n) is 4.73. The van der Waals surface area contributed by atoms with Gasteiger partial charge in [0.05, 0.1) is 12.7 Å². The lowest BCUT2D eigenvalue weighted by atomic mass is 10.0. The number of esters is 1. The van der Waals surface area contributed by atoms with Gasteiger partial charge in [0.15, 0.2) is 5.60 Å². The summed E-state index contributed by atoms with van der Waals surface area (Å²) in [7, 11) is 0. The van der Waals surface area contributed by atoms with Gasteiger partial charge < -0.3 is 25.0 Å². The maximum Gasteiger partial charge on any atom is 0.349 e. The van der Waals surface area contributed by atoms with Gasteiger partial charge in [0.2, 0.25) is 0 Å². The van der Waals surface area contributed by atoms with E-state index < -0.39 is 17.7 Å². The van der Waals surface area contributed by atoms with Gasteiger partial charge in [-0.3, -0.25) is 0 Å². The Bertz CT molecular complexity index is 838. The lowest BCUT2D eigenvalue weighted by molar-refractivity contribution is -0.158. The molecule has 0 aliphatic carbocycles. The first-order chi connectivity index (χ1) is 14.1. The molecule has 3 N–H and O–H groups in total. The molecule has 164 valence electrons. The van der Waals surface area contributed by atoms with Gasteiger partial charge in [-0.15, -0.1) is 0 Å². The van der Waals surface area contributed by atoms with Crippen molar-refractivity contribution in [3.05, 3.63) is 58.6 Å². The molecule has 2 aromatic carbocycles. The zero-order valence-electron chi connectivity index (χ0n) is 17.8. The molecule has 0 aliphatic rings. The molecule has 0 amide bonds. The van der Waals surface area contributed by atoms with Crippen LogP contribution >= 0.6 is 11.6 Å². The van der Waals surface area contributed by atoms with Crippen LogP contribution in [0.15, 0.2) is 42.5 Å². The van der Waals surface area contributed by atoms with Crippen molar-refractivity contribution in [2.45, 2.75) is 51.9 Å². The molecule has 0 fully saturated rings. The number of benzene rings is 2. The van der Waals surface area contributed by atoms with Crippen LogP contribution in [0.25, 0.3) is 0 Å². The van der Waals surface area contributed by atoms with Gasteiger partial charge in [0.25, 0.3) is 0 Å². The number of aliphatic hydroxyl groups is 1. The smallest absolute Gasteiger partial charge is 0.349 e. The Labute approximate surface area is 182 Å². The SMILES string of the molecule is CCOC(=O)C(C)(C)Oc1ccc(CCN[C@@H](C)[C@@H](O)c2ccc(O)cc2)c(Cl)c1. The maximum absolute atomic E-state index is 12.0. The van der Waals surface area contributed by atoms with Gasteiger partial charge in [-0.25, -0.2) is 4.79 Å². The van der Waals surface area contributed by atoms with E-state index in [1.54, 1.807) is 57.2 Å². The number of carbonyl (C=O) groups is 1. The number of phenols is 1. The first-order valence-corrected chi connectivity index (χ1v) is 10.4. The van der Waals surface area contributed by atoms with Crippen molar-refractivity contribution in [3.8, 4) is 11.5 Å². The number of carbonyl (C=O) groups excluding carboxylic acids is 1. The van der Waals surface area contributed by atoms with Crippen LogP contribution in [-0.2, 0) is 16.0 Å². The maximum atomic E-state index is 12.0. The van der Waals surface area contributed by atoms with Crippen molar-refractivity contribution < 1.29 is 24.5 Å². The number of halogens is 1. The minimum absolute atomic E-state index is 0.166. The third-order valence-corrected chi connectivity index (χ3v) is 5.09. The van der Waals surface area contributed by atoms with E-state index in [2.05, 4.69) is 5.32 Å². The highest BCUT2D eigenvalue weighted by atomic mass is 35.5. The zero-order chi connectivity index (χ0) is 22.3. The standard InChI is InChI=1S/C23H30ClNO5/c1-5-29-22(28)23(3,4)30-19-11-8-16(20(24)14-19)12-13-25-15(2)21(27)17-6-9-18(26)10-7-17/h6-11,14-15,21,25-27H,5,12-13H2,1-4H3/t15-,21+/m0/s1. The Hall–Kier alpha value is -2.28. The normalized spacial score (nSPS) is 13.5. The Kier molecular flexibility index (Phi) is 8.53. The minimum atomic E-state index is -1.11. The van der Waals surface area contributed by atoms with E-state index in [4.69, 9.17) is 21.1 Å². The Morgan fingerprint density at radius 3 is 2.47 bits per heavy atom. The number of nitrogens with one attached hydrogen (secondary N) is 1. The van der Waals surface area contributed by atoms with E-state index in [9.17, 15) is 15.0 Å². The topological polar surface area (TPSA) is 88.0 Å². The fourth-order valence-electron chi connectivity index (χ4n) is 2.94. The quantitative estimate of drug-likeness (QED) is 0.488. The number of hydrogen-bond donors (Lipinski definition) is 3. The summed E-state index contributed by atoms with van der Waals surface area (Å²) in [6.07, 6.45) is -0.0329. The lowest BCUT2D eigenvalue weighted by Gasteiger charge is -2.24. The van der Waals surface area contributed by atoms with Crippen LogP contribution in [-0.4, -0.2) is 41.0 Å². The lowest BCUT2D eigenvalue weighted by Crippen LogP contribution is -2.39. The third kappa shape index (κ3) is 6.62. The van der Waals surface area contributed by atoms with Crippen LogP contribution in [0.2, 0.25) is 5.02 Å². The highest BCUT2D eigenvalue weighted by Gasteiger charge is 2.31. The zero-order valence-corrected chi connectivity index (χ0v) is 18.6. The highest BCUT2D eigenvalue weighted by molar-refractivity contribution is 6.31. The molecule has 0 saturated heterocycles. The Balaban J connectivity index is 1.90. The average molecular weight is 436 g/mol. The van der Waals surface area contributed by atoms with E-state index in [0.29, 0.717) is 23.7 Å². The van der Waals surface area contributed by atoms with Crippen LogP contribution in [0, 0.1) is 0 Å². The van der Waals surface area contributed by atoms with Crippen molar-refractivity contribution in [1.29, 1.82) is 0 Å². The van der Waals surface area contributed by atoms with Crippen LogP contribution in [0.4, 0.5) is 0 Å². The molecule has 7 heteroatoms. The molecule has 0 unspecified atom stereocenters. The number of hydrogen-bond acceptors (Lipinski definition) is 6. The van der Waals surface area contributed by atoms with Crippen molar-refractivity contribution >= 4 is 17.6 Å². The van der Waals surface area contributed by atoms with E-state index in [1.807, 2.05) is 13.0 Å². The monoisotopic (exact) mass is 435 g/mol. The number of phenolic OH excluding ortho intramolecular Hbond substituents is 1. The van der Waals surface area contributed by atoms with Crippen molar-refractivity contribution in [2.75, 3.05) is 13.2 Å². The van der Waals surface area contributed by atoms with Gasteiger partial charge in [-0.2, -0.15) is 0 Å². The Morgan fingerprint density at radius 2 is 1.87 bits per heavy atom. The first-order valence-electron chi connectivity index (χ1n) is 9.99. The fraction of sp³-hybridized carbons (Fsp3) is 0.435. The molecule has 0 spiro atoms. The second kappa shape index (κ2) is 10.7. The molecule has 30 heavy (non-hydrogen) atoms. The number of aromatic hydroxyl groups is 1. The molecular weight excluding hydrogens is 406 g/mol. The summed E-state index contributed by atoms with van der Waals surface area (Å²) in [5.74, 6) is 0.223. The minimum Gasteiger partial charge on any atom is -0.508 e. The van der Waals surface area contributed by atoms with Gasteiger partial charge >= 0.3 is 5.97 Å². The van der Waals surface area contributed by atoms with Crippen LogP contribution < -0.4 is 10.1 Å². The van der Waals surface area contributed by atoms with Crippen LogP contribution in [0.1, 0.15) is 44.9 Å². The molecule has 2 rings (SSSR count). The highest BCUT2D eigenvalue weighted by Crippen LogP contribution is 2.26. The summed E-state index contributed by atoms with van der Waals surface area (Å²) in [6.45, 7) is 7.85. The van der Waals surface area contributed by atoms with E-state index >= 15 is 0 Å². The molecule has 0 bridgehead atoms. The van der Waals surface area contributed by atoms with Gasteiger partial charge in [0.1, 0.15) is 11.5 Å². The summed E-state index contributed by atoms with van der Waals surface area (Å²) in [5, 5.41) is 23.6. The van der Waals surface area contributed by atoms with E-state index in [0.717, 1.165) is 11.1 Å². The molecule has 6 nitrogen and oxygen atoms in total. The second-order valence-electron chi connectivity index (χ2n) is 7.62. The summed E-state index contributed by atoms with van der Waals surface area (Å²) in [4.78, 5) is 12.0. The molecule has 0 aromatic heterocycles. The Morgan fingerprint density at radius 1 is 1.20 bits per heavy atom. The predicted molar refractivity (Wildman–Crippen MR) is 117 cm³/mol. The molecule has 0 aliphatic heterocycles. The van der Waals surface area contributed by atoms with Gasteiger partial charge in [0, 0.05) is 11.1 Å². The molecule has 2 aromatic rings. The van der Waals surface area contributed by atoms with E-state index in [-0.39, 0.29) is 18.4 Å². The van der Waals surface area contributed by atoms with Crippen molar-refractivity contribution in [2.24, 2.45) is 0 Å². The summed E-state index contributed by atoms with van der Waals surface area (Å²) >= 11 is 6.39.